The fourth-order valence-corrected chi connectivity index (χ4v) is 5.64. The number of piperidine rings is 1. The maximum absolute atomic E-state index is 13.5. The van der Waals surface area contributed by atoms with Crippen molar-refractivity contribution in [1.29, 1.82) is 0 Å². The molecule has 1 aliphatic rings. The summed E-state index contributed by atoms with van der Waals surface area (Å²) in [5, 5.41) is 5.64. The van der Waals surface area contributed by atoms with Crippen molar-refractivity contribution in [2.24, 2.45) is 0 Å². The Balaban J connectivity index is 1.66. The molecule has 202 valence electrons. The molecule has 7 nitrogen and oxygen atoms in total. The molecule has 1 saturated heterocycles. The minimum atomic E-state index is -1.15. The van der Waals surface area contributed by atoms with Crippen molar-refractivity contribution in [2.75, 3.05) is 31.5 Å². The van der Waals surface area contributed by atoms with Crippen molar-refractivity contribution < 1.29 is 14.4 Å². The number of amides is 3. The molecule has 2 aromatic rings. The minimum Gasteiger partial charge on any atom is -0.337 e. The van der Waals surface area contributed by atoms with Crippen LogP contribution in [-0.2, 0) is 4.79 Å². The molecule has 2 N–H and O–H groups in total. The van der Waals surface area contributed by atoms with Gasteiger partial charge in [0.25, 0.3) is 11.8 Å². The van der Waals surface area contributed by atoms with E-state index in [1.54, 1.807) is 38.1 Å². The van der Waals surface area contributed by atoms with Gasteiger partial charge in [-0.1, -0.05) is 25.4 Å². The van der Waals surface area contributed by atoms with E-state index < -0.39 is 5.54 Å². The third-order valence-corrected chi connectivity index (χ3v) is 8.30. The van der Waals surface area contributed by atoms with Crippen LogP contribution in [0.3, 0.4) is 0 Å². The zero-order valence-corrected chi connectivity index (χ0v) is 24.1. The number of thiophene rings is 1. The van der Waals surface area contributed by atoms with Gasteiger partial charge < -0.3 is 20.4 Å². The number of aryl methyl sites for hydroxylation is 1. The number of anilines is 1. The summed E-state index contributed by atoms with van der Waals surface area (Å²) in [5.74, 6) is -0.650. The molecule has 0 spiro atoms. The van der Waals surface area contributed by atoms with Gasteiger partial charge in [-0.2, -0.15) is 0 Å². The molecule has 1 aromatic heterocycles. The number of rotatable bonds is 10. The lowest BCUT2D eigenvalue weighted by atomic mass is 9.96. The van der Waals surface area contributed by atoms with E-state index in [0.29, 0.717) is 20.5 Å². The molecule has 1 aliphatic heterocycles. The highest BCUT2D eigenvalue weighted by Crippen LogP contribution is 2.26. The van der Waals surface area contributed by atoms with Crippen LogP contribution in [0.15, 0.2) is 30.3 Å². The van der Waals surface area contributed by atoms with Gasteiger partial charge in [0.15, 0.2) is 0 Å². The van der Waals surface area contributed by atoms with Crippen LogP contribution in [0.25, 0.3) is 0 Å². The maximum Gasteiger partial charge on any atom is 0.262 e. The van der Waals surface area contributed by atoms with E-state index in [1.807, 2.05) is 17.9 Å². The summed E-state index contributed by atoms with van der Waals surface area (Å²) in [7, 11) is 0. The van der Waals surface area contributed by atoms with E-state index >= 15 is 0 Å². The van der Waals surface area contributed by atoms with Gasteiger partial charge in [-0.25, -0.2) is 0 Å². The van der Waals surface area contributed by atoms with Crippen LogP contribution in [0.4, 0.5) is 5.69 Å². The Morgan fingerprint density at radius 1 is 1.14 bits per heavy atom. The molecule has 1 atom stereocenters. The SMILES string of the molecule is CCN(CC)CCC1CCCCN1C(=O)c1ccc(NC(=O)C(C)(C)NC(=O)c2ccc(Cl)s2)cc1C. The van der Waals surface area contributed by atoms with Gasteiger partial charge in [0.05, 0.1) is 9.21 Å². The van der Waals surface area contributed by atoms with Gasteiger partial charge in [-0.05, 0) is 95.4 Å². The standard InChI is InChI=1S/C28H39ClN4O3S/c1-6-32(7-2)17-15-21-10-8-9-16-33(21)26(35)22-12-11-20(18-19(22)3)30-27(36)28(4,5)31-25(34)23-13-14-24(29)37-23/h11-14,18,21H,6-10,15-17H2,1-5H3,(H,30,36)(H,31,34). The first-order valence-corrected chi connectivity index (χ1v) is 14.3. The Morgan fingerprint density at radius 2 is 1.86 bits per heavy atom. The Kier molecular flexibility index (Phi) is 10.2. The van der Waals surface area contributed by atoms with Crippen molar-refractivity contribution in [1.82, 2.24) is 15.1 Å². The molecule has 37 heavy (non-hydrogen) atoms. The molecule has 0 radical (unpaired) electrons. The fourth-order valence-electron chi connectivity index (χ4n) is 4.70. The van der Waals surface area contributed by atoms with Crippen molar-refractivity contribution in [3.63, 3.8) is 0 Å². The second-order valence-corrected chi connectivity index (χ2v) is 11.8. The molecule has 2 heterocycles. The first-order valence-electron chi connectivity index (χ1n) is 13.1. The number of nitrogens with zero attached hydrogens (tertiary/aromatic N) is 2. The molecule has 1 aromatic carbocycles. The predicted octanol–water partition coefficient (Wildman–Crippen LogP) is 5.58. The lowest BCUT2D eigenvalue weighted by molar-refractivity contribution is -0.120. The monoisotopic (exact) mass is 546 g/mol. The fraction of sp³-hybridized carbons (Fsp3) is 0.536. The number of benzene rings is 1. The summed E-state index contributed by atoms with van der Waals surface area (Å²) in [4.78, 5) is 43.9. The van der Waals surface area contributed by atoms with Crippen LogP contribution in [0.5, 0.6) is 0 Å². The Labute approximate surface area is 229 Å². The summed E-state index contributed by atoms with van der Waals surface area (Å²) >= 11 is 7.08. The number of likely N-dealkylation sites (tertiary alicyclic amines) is 1. The molecular weight excluding hydrogens is 508 g/mol. The molecule has 9 heteroatoms. The molecular formula is C28H39ClN4O3S. The Hall–Kier alpha value is -2.42. The van der Waals surface area contributed by atoms with Crippen LogP contribution < -0.4 is 10.6 Å². The van der Waals surface area contributed by atoms with Gasteiger partial charge in [-0.15, -0.1) is 11.3 Å². The third-order valence-electron chi connectivity index (χ3n) is 7.07. The van der Waals surface area contributed by atoms with Gasteiger partial charge in [0.1, 0.15) is 5.54 Å². The molecule has 0 saturated carbocycles. The highest BCUT2D eigenvalue weighted by molar-refractivity contribution is 7.18. The number of hydrogen-bond donors (Lipinski definition) is 2. The molecule has 0 aliphatic carbocycles. The molecule has 3 rings (SSSR count). The smallest absolute Gasteiger partial charge is 0.262 e. The van der Waals surface area contributed by atoms with E-state index in [1.165, 1.54) is 0 Å². The first kappa shape index (κ1) is 29.1. The van der Waals surface area contributed by atoms with E-state index in [9.17, 15) is 14.4 Å². The van der Waals surface area contributed by atoms with Crippen LogP contribution in [0, 0.1) is 6.92 Å². The number of halogens is 1. The molecule has 3 amide bonds. The van der Waals surface area contributed by atoms with Gasteiger partial charge in [0, 0.05) is 30.4 Å². The van der Waals surface area contributed by atoms with Crippen LogP contribution in [-0.4, -0.2) is 65.3 Å². The lowest BCUT2D eigenvalue weighted by Crippen LogP contribution is -2.52. The normalized spacial score (nSPS) is 16.1. The summed E-state index contributed by atoms with van der Waals surface area (Å²) in [5.41, 5.74) is 0.903. The van der Waals surface area contributed by atoms with Crippen molar-refractivity contribution in [2.45, 2.75) is 71.9 Å². The van der Waals surface area contributed by atoms with Crippen molar-refractivity contribution in [3.05, 3.63) is 50.7 Å². The van der Waals surface area contributed by atoms with Gasteiger partial charge in [-0.3, -0.25) is 14.4 Å². The summed E-state index contributed by atoms with van der Waals surface area (Å²) in [6, 6.07) is 8.90. The van der Waals surface area contributed by atoms with Gasteiger partial charge in [0.2, 0.25) is 5.91 Å². The largest absolute Gasteiger partial charge is 0.337 e. The number of hydrogen-bond acceptors (Lipinski definition) is 5. The van der Waals surface area contributed by atoms with E-state index in [2.05, 4.69) is 29.4 Å². The minimum absolute atomic E-state index is 0.0572. The molecule has 1 fully saturated rings. The summed E-state index contributed by atoms with van der Waals surface area (Å²) < 4.78 is 0.511. The number of carbonyl (C=O) groups is 3. The van der Waals surface area contributed by atoms with Crippen molar-refractivity contribution in [3.8, 4) is 0 Å². The highest BCUT2D eigenvalue weighted by atomic mass is 35.5. The van der Waals surface area contributed by atoms with Gasteiger partial charge >= 0.3 is 0 Å². The topological polar surface area (TPSA) is 81.8 Å². The molecule has 1 unspecified atom stereocenters. The second-order valence-electron chi connectivity index (χ2n) is 10.1. The average molecular weight is 547 g/mol. The quantitative estimate of drug-likeness (QED) is 0.407. The average Bonchev–Trinajstić information content (AvgIpc) is 3.31. The van der Waals surface area contributed by atoms with E-state index in [0.717, 1.165) is 68.8 Å². The second kappa shape index (κ2) is 12.9. The molecule has 0 bridgehead atoms. The van der Waals surface area contributed by atoms with Crippen molar-refractivity contribution >= 4 is 46.3 Å². The number of carbonyl (C=O) groups excluding carboxylic acids is 3. The van der Waals surface area contributed by atoms with Crippen LogP contribution in [0.1, 0.15) is 79.0 Å². The zero-order valence-electron chi connectivity index (χ0n) is 22.5. The zero-order chi connectivity index (χ0) is 27.2. The Morgan fingerprint density at radius 3 is 2.49 bits per heavy atom. The lowest BCUT2D eigenvalue weighted by Gasteiger charge is -2.37. The van der Waals surface area contributed by atoms with Crippen LogP contribution >= 0.6 is 22.9 Å². The summed E-state index contributed by atoms with van der Waals surface area (Å²) in [6.07, 6.45) is 4.21. The third kappa shape index (κ3) is 7.55. The van der Waals surface area contributed by atoms with E-state index in [4.69, 9.17) is 11.6 Å². The first-order chi connectivity index (χ1) is 17.6. The number of nitrogens with one attached hydrogen (secondary N) is 2. The Bertz CT molecular complexity index is 1110. The summed E-state index contributed by atoms with van der Waals surface area (Å²) in [6.45, 7) is 13.4. The maximum atomic E-state index is 13.5. The van der Waals surface area contributed by atoms with Crippen LogP contribution in [0.2, 0.25) is 4.34 Å². The predicted molar refractivity (Wildman–Crippen MR) is 152 cm³/mol. The highest BCUT2D eigenvalue weighted by Gasteiger charge is 2.31. The van der Waals surface area contributed by atoms with E-state index in [-0.39, 0.29) is 23.8 Å².